The minimum absolute atomic E-state index is 0.285. The monoisotopic (exact) mass is 307 g/mol. The summed E-state index contributed by atoms with van der Waals surface area (Å²) in [6, 6.07) is 12.4. The number of aryl methyl sites for hydroxylation is 2. The molecule has 0 aliphatic rings. The molecule has 4 heteroatoms. The van der Waals surface area contributed by atoms with Gasteiger partial charge in [0.05, 0.1) is 6.42 Å². The largest absolute Gasteiger partial charge is 0.369 e. The van der Waals surface area contributed by atoms with Crippen LogP contribution in [-0.4, -0.2) is 15.3 Å². The number of carbonyl (C=O) groups is 1. The molecule has 1 amide bonds. The number of nitrogens with zero attached hydrogens (tertiary/aromatic N) is 2. The van der Waals surface area contributed by atoms with Crippen LogP contribution in [0.1, 0.15) is 29.5 Å². The third kappa shape index (κ3) is 4.19. The molecule has 0 aliphatic carbocycles. The molecular weight excluding hydrogens is 286 g/mol. The van der Waals surface area contributed by atoms with Gasteiger partial charge in [-0.25, -0.2) is 4.98 Å². The highest BCUT2D eigenvalue weighted by Crippen LogP contribution is 2.12. The summed E-state index contributed by atoms with van der Waals surface area (Å²) < 4.78 is 2.06. The van der Waals surface area contributed by atoms with Gasteiger partial charge >= 0.3 is 0 Å². The third-order valence-corrected chi connectivity index (χ3v) is 4.03. The average Bonchev–Trinajstić information content (AvgIpc) is 3.00. The normalized spacial score (nSPS) is 11.0. The van der Waals surface area contributed by atoms with Gasteiger partial charge in [-0.15, -0.1) is 0 Å². The van der Waals surface area contributed by atoms with E-state index in [4.69, 9.17) is 5.73 Å². The molecule has 0 saturated heterocycles. The molecule has 2 aromatic heterocycles. The lowest BCUT2D eigenvalue weighted by Gasteiger charge is -2.05. The minimum Gasteiger partial charge on any atom is -0.369 e. The van der Waals surface area contributed by atoms with Crippen molar-refractivity contribution in [3.63, 3.8) is 0 Å². The molecule has 2 heterocycles. The molecule has 0 unspecified atom stereocenters. The molecule has 0 bridgehead atoms. The zero-order valence-electron chi connectivity index (χ0n) is 13.1. The van der Waals surface area contributed by atoms with Gasteiger partial charge < -0.3 is 10.1 Å². The maximum absolute atomic E-state index is 10.9. The zero-order valence-corrected chi connectivity index (χ0v) is 13.1. The van der Waals surface area contributed by atoms with E-state index >= 15 is 0 Å². The number of imidazole rings is 1. The Labute approximate surface area is 136 Å². The molecule has 23 heavy (non-hydrogen) atoms. The Kier molecular flexibility index (Phi) is 4.71. The number of benzene rings is 1. The van der Waals surface area contributed by atoms with Crippen molar-refractivity contribution in [2.45, 2.75) is 32.1 Å². The van der Waals surface area contributed by atoms with Crippen LogP contribution in [0.5, 0.6) is 0 Å². The minimum atomic E-state index is -0.285. The van der Waals surface area contributed by atoms with Crippen LogP contribution in [-0.2, 0) is 24.1 Å². The molecule has 0 atom stereocenters. The highest BCUT2D eigenvalue weighted by molar-refractivity contribution is 5.76. The van der Waals surface area contributed by atoms with Crippen LogP contribution in [0.2, 0.25) is 0 Å². The number of hydrogen-bond acceptors (Lipinski definition) is 2. The molecule has 0 fully saturated rings. The molecular formula is C19H21N3O. The van der Waals surface area contributed by atoms with E-state index in [9.17, 15) is 4.79 Å². The first-order valence-corrected chi connectivity index (χ1v) is 7.98. The molecule has 0 saturated carbocycles. The summed E-state index contributed by atoms with van der Waals surface area (Å²) in [6.45, 7) is 0. The lowest BCUT2D eigenvalue weighted by Crippen LogP contribution is -2.13. The molecule has 0 spiro atoms. The fourth-order valence-electron chi connectivity index (χ4n) is 2.80. The van der Waals surface area contributed by atoms with E-state index in [0.717, 1.165) is 36.9 Å². The van der Waals surface area contributed by atoms with E-state index in [2.05, 4.69) is 39.8 Å². The van der Waals surface area contributed by atoms with Crippen LogP contribution in [0.25, 0.3) is 5.65 Å². The number of fused-ring (bicyclic) bond motifs is 1. The Balaban J connectivity index is 1.46. The Bertz CT molecular complexity index is 790. The molecule has 1 aromatic carbocycles. The summed E-state index contributed by atoms with van der Waals surface area (Å²) in [5.41, 5.74) is 9.82. The van der Waals surface area contributed by atoms with Crippen molar-refractivity contribution >= 4 is 11.6 Å². The molecule has 0 radical (unpaired) electrons. The second kappa shape index (κ2) is 7.09. The van der Waals surface area contributed by atoms with Gasteiger partial charge in [0, 0.05) is 18.6 Å². The van der Waals surface area contributed by atoms with Crippen LogP contribution in [0, 0.1) is 0 Å². The fraction of sp³-hybridized carbons (Fsp3) is 0.263. The van der Waals surface area contributed by atoms with E-state index < -0.39 is 0 Å². The average molecular weight is 307 g/mol. The molecule has 4 nitrogen and oxygen atoms in total. The topological polar surface area (TPSA) is 60.4 Å². The number of amides is 1. The van der Waals surface area contributed by atoms with E-state index in [1.165, 1.54) is 11.1 Å². The van der Waals surface area contributed by atoms with Gasteiger partial charge in [0.1, 0.15) is 5.65 Å². The Morgan fingerprint density at radius 3 is 2.35 bits per heavy atom. The van der Waals surface area contributed by atoms with Gasteiger partial charge in [0.25, 0.3) is 0 Å². The summed E-state index contributed by atoms with van der Waals surface area (Å²) in [5.74, 6) is -0.285. The Morgan fingerprint density at radius 2 is 1.61 bits per heavy atom. The number of nitrogens with two attached hydrogens (primary N) is 1. The van der Waals surface area contributed by atoms with Gasteiger partial charge in [0.2, 0.25) is 5.91 Å². The maximum Gasteiger partial charge on any atom is 0.221 e. The van der Waals surface area contributed by atoms with E-state index in [1.807, 2.05) is 24.5 Å². The molecule has 3 aromatic rings. The van der Waals surface area contributed by atoms with Crippen molar-refractivity contribution in [1.29, 1.82) is 0 Å². The van der Waals surface area contributed by atoms with Crippen molar-refractivity contribution < 1.29 is 4.79 Å². The summed E-state index contributed by atoms with van der Waals surface area (Å²) in [4.78, 5) is 15.1. The standard InChI is InChI=1S/C19H21N3O/c20-18(23)13-16-7-5-15(6-8-16)3-1-2-4-17-9-10-19-21-11-12-22(19)14-17/h5-12,14H,1-4,13H2,(H2,20,23). The fourth-order valence-corrected chi connectivity index (χ4v) is 2.80. The first-order valence-electron chi connectivity index (χ1n) is 7.98. The molecule has 3 rings (SSSR count). The molecule has 2 N–H and O–H groups in total. The summed E-state index contributed by atoms with van der Waals surface area (Å²) >= 11 is 0. The quantitative estimate of drug-likeness (QED) is 0.682. The van der Waals surface area contributed by atoms with Crippen molar-refractivity contribution in [3.05, 3.63) is 71.7 Å². The van der Waals surface area contributed by atoms with Crippen molar-refractivity contribution in [2.24, 2.45) is 5.73 Å². The smallest absolute Gasteiger partial charge is 0.221 e. The summed E-state index contributed by atoms with van der Waals surface area (Å²) in [7, 11) is 0. The lowest BCUT2D eigenvalue weighted by molar-refractivity contribution is -0.117. The van der Waals surface area contributed by atoms with Crippen molar-refractivity contribution in [2.75, 3.05) is 0 Å². The molecule has 0 aliphatic heterocycles. The van der Waals surface area contributed by atoms with Crippen LogP contribution in [0.4, 0.5) is 0 Å². The van der Waals surface area contributed by atoms with E-state index in [1.54, 1.807) is 0 Å². The molecule has 118 valence electrons. The van der Waals surface area contributed by atoms with Crippen LogP contribution in [0.15, 0.2) is 55.0 Å². The number of carbonyl (C=O) groups excluding carboxylic acids is 1. The van der Waals surface area contributed by atoms with Crippen LogP contribution >= 0.6 is 0 Å². The number of primary amides is 1. The van der Waals surface area contributed by atoms with Gasteiger partial charge in [-0.05, 0) is 48.4 Å². The second-order valence-electron chi connectivity index (χ2n) is 5.90. The first-order chi connectivity index (χ1) is 11.2. The van der Waals surface area contributed by atoms with E-state index in [0.29, 0.717) is 6.42 Å². The third-order valence-electron chi connectivity index (χ3n) is 4.03. The summed E-state index contributed by atoms with van der Waals surface area (Å²) in [6.07, 6.45) is 10.7. The van der Waals surface area contributed by atoms with Gasteiger partial charge in [-0.1, -0.05) is 30.3 Å². The van der Waals surface area contributed by atoms with Crippen molar-refractivity contribution in [1.82, 2.24) is 9.38 Å². The number of aromatic nitrogens is 2. The predicted molar refractivity (Wildman–Crippen MR) is 91.2 cm³/mol. The van der Waals surface area contributed by atoms with Crippen LogP contribution in [0.3, 0.4) is 0 Å². The number of pyridine rings is 1. The second-order valence-corrected chi connectivity index (χ2v) is 5.90. The Hall–Kier alpha value is -2.62. The first kappa shape index (κ1) is 15.3. The van der Waals surface area contributed by atoms with Gasteiger partial charge in [0.15, 0.2) is 0 Å². The Morgan fingerprint density at radius 1 is 0.957 bits per heavy atom. The number of hydrogen-bond donors (Lipinski definition) is 1. The number of rotatable bonds is 7. The zero-order chi connectivity index (χ0) is 16.1. The predicted octanol–water partition coefficient (Wildman–Crippen LogP) is 2.93. The highest BCUT2D eigenvalue weighted by Gasteiger charge is 2.00. The SMILES string of the molecule is NC(=O)Cc1ccc(CCCCc2ccc3nccn3c2)cc1. The highest BCUT2D eigenvalue weighted by atomic mass is 16.1. The van der Waals surface area contributed by atoms with Gasteiger partial charge in [-0.2, -0.15) is 0 Å². The van der Waals surface area contributed by atoms with E-state index in [-0.39, 0.29) is 5.91 Å². The lowest BCUT2D eigenvalue weighted by atomic mass is 10.0. The van der Waals surface area contributed by atoms with Gasteiger partial charge in [-0.3, -0.25) is 4.79 Å². The summed E-state index contributed by atoms with van der Waals surface area (Å²) in [5, 5.41) is 0. The maximum atomic E-state index is 10.9. The van der Waals surface area contributed by atoms with Crippen molar-refractivity contribution in [3.8, 4) is 0 Å². The number of unbranched alkanes of at least 4 members (excludes halogenated alkanes) is 1. The van der Waals surface area contributed by atoms with Crippen LogP contribution < -0.4 is 5.73 Å².